The lowest BCUT2D eigenvalue weighted by Gasteiger charge is -2.36. The van der Waals surface area contributed by atoms with Gasteiger partial charge in [-0.2, -0.15) is 0 Å². The molecule has 1 aromatic heterocycles. The Bertz CT molecular complexity index is 1530. The molecule has 1 aliphatic rings. The highest BCUT2D eigenvalue weighted by molar-refractivity contribution is 5.91. The van der Waals surface area contributed by atoms with Gasteiger partial charge in [0, 0.05) is 12.7 Å². The number of nitrogens with one attached hydrogen (secondary N) is 1. The van der Waals surface area contributed by atoms with Crippen molar-refractivity contribution >= 4 is 11.7 Å². The van der Waals surface area contributed by atoms with E-state index in [4.69, 9.17) is 4.74 Å². The van der Waals surface area contributed by atoms with E-state index in [1.807, 2.05) is 42.5 Å². The van der Waals surface area contributed by atoms with Gasteiger partial charge in [0.05, 0.1) is 5.69 Å². The number of fused-ring (bicyclic) bond motifs is 3. The number of hydrogen-bond acceptors (Lipinski definition) is 3. The van der Waals surface area contributed by atoms with Crippen LogP contribution >= 0.6 is 0 Å². The van der Waals surface area contributed by atoms with Gasteiger partial charge in [-0.1, -0.05) is 116 Å². The summed E-state index contributed by atoms with van der Waals surface area (Å²) in [6.45, 7) is 3.16. The van der Waals surface area contributed by atoms with Gasteiger partial charge < -0.3 is 14.6 Å². The molecule has 1 N–H and O–H groups in total. The molecule has 0 radical (unpaired) electrons. The molecule has 0 spiro atoms. The fourth-order valence-corrected chi connectivity index (χ4v) is 5.66. The molecule has 1 aliphatic carbocycles. The van der Waals surface area contributed by atoms with Gasteiger partial charge in [0.15, 0.2) is 0 Å². The molecule has 0 atom stereocenters. The highest BCUT2D eigenvalue weighted by Crippen LogP contribution is 2.54. The standard InChI is InChI=1S/C34H30N2O2/c1-2-21-35-27-22-32(33(37)38-24-25-13-5-3-6-14-25)36(23-27)34(26-15-7-4-8-16-26)30-19-11-9-17-28(30)29-18-10-12-20-31(29)34/h3-20,22-23,35H,2,21,24H2,1H3. The third kappa shape index (κ3) is 3.90. The van der Waals surface area contributed by atoms with E-state index < -0.39 is 5.54 Å². The maximum Gasteiger partial charge on any atom is 0.355 e. The lowest BCUT2D eigenvalue weighted by Crippen LogP contribution is -2.37. The summed E-state index contributed by atoms with van der Waals surface area (Å²) < 4.78 is 8.02. The normalized spacial score (nSPS) is 13.0. The summed E-state index contributed by atoms with van der Waals surface area (Å²) in [5.74, 6) is -0.351. The van der Waals surface area contributed by atoms with Gasteiger partial charge in [0.2, 0.25) is 0 Å². The summed E-state index contributed by atoms with van der Waals surface area (Å²) in [5.41, 5.74) is 7.35. The Hall–Kier alpha value is -4.57. The molecule has 0 fully saturated rings. The van der Waals surface area contributed by atoms with E-state index in [0.717, 1.165) is 40.9 Å². The molecule has 4 nitrogen and oxygen atoms in total. The van der Waals surface area contributed by atoms with Crippen LogP contribution in [0.4, 0.5) is 5.69 Å². The molecular formula is C34H30N2O2. The Labute approximate surface area is 223 Å². The molecule has 5 aromatic rings. The first-order chi connectivity index (χ1) is 18.7. The first kappa shape index (κ1) is 23.8. The van der Waals surface area contributed by atoms with Gasteiger partial charge in [-0.15, -0.1) is 0 Å². The molecule has 4 heteroatoms. The summed E-state index contributed by atoms with van der Waals surface area (Å²) in [7, 11) is 0. The molecular weight excluding hydrogens is 468 g/mol. The Kier molecular flexibility index (Phi) is 6.30. The van der Waals surface area contributed by atoms with Gasteiger partial charge in [0.1, 0.15) is 17.8 Å². The molecule has 0 saturated heterocycles. The summed E-state index contributed by atoms with van der Waals surface area (Å²) in [6, 6.07) is 39.2. The van der Waals surface area contributed by atoms with Crippen molar-refractivity contribution in [1.82, 2.24) is 4.57 Å². The lowest BCUT2D eigenvalue weighted by molar-refractivity contribution is 0.0457. The smallest absolute Gasteiger partial charge is 0.355 e. The quantitative estimate of drug-likeness (QED) is 0.221. The monoisotopic (exact) mass is 498 g/mol. The molecule has 0 amide bonds. The fraction of sp³-hybridized carbons (Fsp3) is 0.147. The van der Waals surface area contributed by atoms with E-state index in [2.05, 4.69) is 95.8 Å². The third-order valence-electron chi connectivity index (χ3n) is 7.30. The van der Waals surface area contributed by atoms with Crippen molar-refractivity contribution in [3.05, 3.63) is 149 Å². The van der Waals surface area contributed by atoms with Crippen LogP contribution in [0.1, 0.15) is 46.1 Å². The number of carbonyl (C=O) groups is 1. The number of ether oxygens (including phenoxy) is 1. The zero-order chi connectivity index (χ0) is 26.0. The zero-order valence-corrected chi connectivity index (χ0v) is 21.4. The predicted molar refractivity (Wildman–Crippen MR) is 152 cm³/mol. The number of anilines is 1. The largest absolute Gasteiger partial charge is 0.456 e. The van der Waals surface area contributed by atoms with Gasteiger partial charge in [-0.3, -0.25) is 0 Å². The van der Waals surface area contributed by atoms with Gasteiger partial charge in [-0.05, 0) is 45.9 Å². The number of aromatic nitrogens is 1. The van der Waals surface area contributed by atoms with Crippen molar-refractivity contribution in [2.75, 3.05) is 11.9 Å². The number of esters is 1. The molecule has 1 heterocycles. The van der Waals surface area contributed by atoms with Crippen LogP contribution in [0.3, 0.4) is 0 Å². The first-order valence-corrected chi connectivity index (χ1v) is 13.2. The summed E-state index contributed by atoms with van der Waals surface area (Å²) in [5, 5.41) is 3.50. The van der Waals surface area contributed by atoms with E-state index in [1.54, 1.807) is 0 Å². The Morgan fingerprint density at radius 3 is 2.00 bits per heavy atom. The average Bonchev–Trinajstić information content (AvgIpc) is 3.54. The molecule has 6 rings (SSSR count). The van der Waals surface area contributed by atoms with Crippen LogP contribution < -0.4 is 5.32 Å². The van der Waals surface area contributed by atoms with Crippen molar-refractivity contribution in [2.24, 2.45) is 0 Å². The van der Waals surface area contributed by atoms with Crippen LogP contribution in [-0.4, -0.2) is 17.1 Å². The first-order valence-electron chi connectivity index (χ1n) is 13.2. The number of hydrogen-bond donors (Lipinski definition) is 1. The van der Waals surface area contributed by atoms with Crippen LogP contribution in [0.15, 0.2) is 121 Å². The molecule has 0 bridgehead atoms. The van der Waals surface area contributed by atoms with E-state index in [0.29, 0.717) is 5.69 Å². The Morgan fingerprint density at radius 2 is 1.37 bits per heavy atom. The Balaban J connectivity index is 1.58. The van der Waals surface area contributed by atoms with E-state index in [9.17, 15) is 4.79 Å². The number of benzene rings is 4. The summed E-state index contributed by atoms with van der Waals surface area (Å²) >= 11 is 0. The van der Waals surface area contributed by atoms with Gasteiger partial charge >= 0.3 is 5.97 Å². The van der Waals surface area contributed by atoms with Gasteiger partial charge in [-0.25, -0.2) is 4.79 Å². The maximum absolute atomic E-state index is 13.8. The number of nitrogens with zero attached hydrogens (tertiary/aromatic N) is 1. The highest BCUT2D eigenvalue weighted by Gasteiger charge is 2.47. The molecule has 38 heavy (non-hydrogen) atoms. The number of rotatable bonds is 8. The molecule has 188 valence electrons. The van der Waals surface area contributed by atoms with Crippen molar-refractivity contribution in [1.29, 1.82) is 0 Å². The number of carbonyl (C=O) groups excluding carboxylic acids is 1. The molecule has 4 aromatic carbocycles. The molecule has 0 unspecified atom stereocenters. The maximum atomic E-state index is 13.8. The minimum Gasteiger partial charge on any atom is -0.456 e. The van der Waals surface area contributed by atoms with Crippen molar-refractivity contribution in [3.63, 3.8) is 0 Å². The van der Waals surface area contributed by atoms with Gasteiger partial charge in [0.25, 0.3) is 0 Å². The van der Waals surface area contributed by atoms with Crippen LogP contribution in [0.25, 0.3) is 11.1 Å². The van der Waals surface area contributed by atoms with Crippen LogP contribution in [0.2, 0.25) is 0 Å². The highest BCUT2D eigenvalue weighted by atomic mass is 16.5. The Morgan fingerprint density at radius 1 is 0.789 bits per heavy atom. The minimum atomic E-state index is -0.734. The van der Waals surface area contributed by atoms with Crippen molar-refractivity contribution < 1.29 is 9.53 Å². The second-order valence-electron chi connectivity index (χ2n) is 9.64. The summed E-state index contributed by atoms with van der Waals surface area (Å²) in [6.07, 6.45) is 3.05. The third-order valence-corrected chi connectivity index (χ3v) is 7.30. The second-order valence-corrected chi connectivity index (χ2v) is 9.64. The van der Waals surface area contributed by atoms with Crippen LogP contribution in [0, 0.1) is 0 Å². The SMILES string of the molecule is CCCNc1cc(C(=O)OCc2ccccc2)n(C2(c3ccccc3)c3ccccc3-c3ccccc32)c1. The predicted octanol–water partition coefficient (Wildman–Crippen LogP) is 7.49. The molecule has 0 saturated carbocycles. The topological polar surface area (TPSA) is 43.3 Å². The van der Waals surface area contributed by atoms with Crippen LogP contribution in [0.5, 0.6) is 0 Å². The zero-order valence-electron chi connectivity index (χ0n) is 21.4. The second kappa shape index (κ2) is 10.1. The molecule has 0 aliphatic heterocycles. The van der Waals surface area contributed by atoms with Crippen LogP contribution in [-0.2, 0) is 16.9 Å². The fourth-order valence-electron chi connectivity index (χ4n) is 5.66. The summed E-state index contributed by atoms with van der Waals surface area (Å²) in [4.78, 5) is 13.8. The van der Waals surface area contributed by atoms with Crippen molar-refractivity contribution in [3.8, 4) is 11.1 Å². The van der Waals surface area contributed by atoms with E-state index in [-0.39, 0.29) is 12.6 Å². The van der Waals surface area contributed by atoms with Crippen molar-refractivity contribution in [2.45, 2.75) is 25.5 Å². The van der Waals surface area contributed by atoms with E-state index in [1.165, 1.54) is 11.1 Å². The average molecular weight is 499 g/mol. The minimum absolute atomic E-state index is 0.216. The lowest BCUT2D eigenvalue weighted by atomic mass is 9.80. The van der Waals surface area contributed by atoms with E-state index >= 15 is 0 Å².